The molecule has 310 valence electrons. The smallest absolute Gasteiger partial charge is 0.252 e. The number of nitrogens with zero attached hydrogens (tertiary/aromatic N) is 8. The van der Waals surface area contributed by atoms with Crippen LogP contribution in [0.25, 0.3) is 34.1 Å². The van der Waals surface area contributed by atoms with Crippen molar-refractivity contribution in [1.29, 1.82) is 0 Å². The SMILES string of the molecule is C[C@]12CC[C@H](O)CC1=CC[C@@H]1[C@@H]2CC[C@]2(C)c3nc4ncnn4c(-c4cccc(-c5c6c(nc7ncnn57)[C@@]5(C)CC[C@H]7[C@@H](CC=C8C[C@@H](O)CC[C@@]87C)[C@@H]5C6)c4)c3C[C@@H]12. The molecule has 1 aromatic carbocycles. The second kappa shape index (κ2) is 12.2. The Kier molecular flexibility index (Phi) is 7.40. The average Bonchev–Trinajstić information content (AvgIpc) is 4.03. The predicted octanol–water partition coefficient (Wildman–Crippen LogP) is 8.57. The van der Waals surface area contributed by atoms with Gasteiger partial charge in [-0.25, -0.2) is 9.97 Å². The third-order valence-corrected chi connectivity index (χ3v) is 19.3. The Morgan fingerprint density at radius 3 is 1.48 bits per heavy atom. The first kappa shape index (κ1) is 36.4. The van der Waals surface area contributed by atoms with Crippen LogP contribution in [0.15, 0.2) is 60.2 Å². The second-order valence-corrected chi connectivity index (χ2v) is 21.7. The van der Waals surface area contributed by atoms with Crippen LogP contribution >= 0.6 is 0 Å². The Morgan fingerprint density at radius 2 is 1.02 bits per heavy atom. The van der Waals surface area contributed by atoms with Gasteiger partial charge < -0.3 is 10.2 Å². The third kappa shape index (κ3) is 4.62. The van der Waals surface area contributed by atoms with Crippen LogP contribution in [-0.2, 0) is 23.7 Å². The lowest BCUT2D eigenvalue weighted by Crippen LogP contribution is -2.51. The molecule has 13 rings (SSSR count). The Bertz CT molecular complexity index is 2530. The minimum Gasteiger partial charge on any atom is -0.393 e. The summed E-state index contributed by atoms with van der Waals surface area (Å²) in [5, 5.41) is 31.0. The number of aliphatic hydroxyl groups excluding tert-OH is 2. The summed E-state index contributed by atoms with van der Waals surface area (Å²) in [5.41, 5.74) is 13.0. The van der Waals surface area contributed by atoms with Gasteiger partial charge >= 0.3 is 0 Å². The van der Waals surface area contributed by atoms with Crippen LogP contribution in [-0.4, -0.2) is 61.6 Å². The fraction of sp³-hybridized carbons (Fsp3) is 0.600. The summed E-state index contributed by atoms with van der Waals surface area (Å²) in [6.45, 7) is 10.0. The van der Waals surface area contributed by atoms with Gasteiger partial charge in [0.1, 0.15) is 12.7 Å². The highest BCUT2D eigenvalue weighted by Crippen LogP contribution is 2.66. The highest BCUT2D eigenvalue weighted by molar-refractivity contribution is 5.77. The van der Waals surface area contributed by atoms with Crippen molar-refractivity contribution in [2.45, 2.75) is 141 Å². The fourth-order valence-electron chi connectivity index (χ4n) is 16.2. The Balaban J connectivity index is 0.915. The minimum atomic E-state index is -0.190. The summed E-state index contributed by atoms with van der Waals surface area (Å²) in [5.74, 6) is 4.79. The lowest BCUT2D eigenvalue weighted by atomic mass is 9.48. The molecule has 4 saturated carbocycles. The average molecular weight is 803 g/mol. The maximum atomic E-state index is 10.6. The zero-order chi connectivity index (χ0) is 40.5. The van der Waals surface area contributed by atoms with Crippen molar-refractivity contribution < 1.29 is 10.2 Å². The van der Waals surface area contributed by atoms with Crippen molar-refractivity contribution in [2.24, 2.45) is 46.3 Å². The molecule has 10 nitrogen and oxygen atoms in total. The molecule has 0 saturated heterocycles. The molecule has 60 heavy (non-hydrogen) atoms. The Morgan fingerprint density at radius 1 is 0.567 bits per heavy atom. The van der Waals surface area contributed by atoms with Gasteiger partial charge in [-0.2, -0.15) is 29.2 Å². The lowest BCUT2D eigenvalue weighted by Gasteiger charge is -2.57. The van der Waals surface area contributed by atoms with E-state index in [4.69, 9.17) is 30.1 Å². The molecule has 0 bridgehead atoms. The Hall–Kier alpha value is -4.28. The van der Waals surface area contributed by atoms with E-state index >= 15 is 0 Å². The highest BCUT2D eigenvalue weighted by Gasteiger charge is 2.60. The summed E-state index contributed by atoms with van der Waals surface area (Å²) in [4.78, 5) is 20.2. The maximum absolute atomic E-state index is 10.6. The molecule has 10 heteroatoms. The van der Waals surface area contributed by atoms with Gasteiger partial charge in [0, 0.05) is 33.1 Å². The fourth-order valence-corrected chi connectivity index (χ4v) is 16.2. The van der Waals surface area contributed by atoms with Gasteiger partial charge in [0.15, 0.2) is 0 Å². The van der Waals surface area contributed by atoms with E-state index in [1.807, 2.05) is 9.03 Å². The first-order chi connectivity index (χ1) is 29.0. The molecule has 8 aliphatic rings. The molecule has 0 spiro atoms. The second-order valence-electron chi connectivity index (χ2n) is 21.7. The molecule has 0 aliphatic heterocycles. The molecular formula is C50H58N8O2. The van der Waals surface area contributed by atoms with Gasteiger partial charge in [-0.15, -0.1) is 0 Å². The topological polar surface area (TPSA) is 127 Å². The number of rotatable bonds is 2. The summed E-state index contributed by atoms with van der Waals surface area (Å²) >= 11 is 0. The van der Waals surface area contributed by atoms with Crippen LogP contribution in [0, 0.1) is 46.3 Å². The number of hydrogen-bond acceptors (Lipinski definition) is 8. The number of aromatic nitrogens is 8. The van der Waals surface area contributed by atoms with E-state index in [0.717, 1.165) is 99.6 Å². The van der Waals surface area contributed by atoms with Crippen molar-refractivity contribution in [3.05, 3.63) is 82.7 Å². The van der Waals surface area contributed by atoms with Crippen LogP contribution < -0.4 is 0 Å². The van der Waals surface area contributed by atoms with Gasteiger partial charge in [-0.1, -0.05) is 69.2 Å². The zero-order valence-electron chi connectivity index (χ0n) is 35.6. The van der Waals surface area contributed by atoms with E-state index in [2.05, 4.69) is 64.1 Å². The standard InChI is InChI=1S/C50H58N8O2/c1-47-16-12-31(59)21-29(47)8-10-33-37(47)14-18-49(3)39(33)23-35-41(57-45(51-25-53-57)55-43(35)49)27-6-5-7-28(20-27)42-36-24-40-34-11-9-30-22-32(60)13-17-48(30,2)38(34)15-19-50(40,4)44(36)56-46-52-26-54-58(42)46/h5-9,20,25-26,31-34,37-40,59-60H,10-19,21-24H2,1-4H3/t31-,32-,33+,34+,37-,38-,39-,40-,47-,48-,49-,50-/m0/s1. The third-order valence-electron chi connectivity index (χ3n) is 19.3. The van der Waals surface area contributed by atoms with E-state index in [1.165, 1.54) is 46.5 Å². The zero-order valence-corrected chi connectivity index (χ0v) is 35.6. The molecule has 12 atom stereocenters. The highest BCUT2D eigenvalue weighted by atomic mass is 16.3. The number of fused-ring (bicyclic) bond motifs is 16. The molecule has 4 heterocycles. The van der Waals surface area contributed by atoms with E-state index in [-0.39, 0.29) is 33.9 Å². The van der Waals surface area contributed by atoms with Gasteiger partial charge in [0.05, 0.1) is 35.0 Å². The van der Waals surface area contributed by atoms with Gasteiger partial charge in [0.2, 0.25) is 0 Å². The van der Waals surface area contributed by atoms with Gasteiger partial charge in [-0.05, 0) is 142 Å². The number of aliphatic hydroxyl groups is 2. The van der Waals surface area contributed by atoms with Crippen molar-refractivity contribution >= 4 is 11.6 Å². The first-order valence-corrected chi connectivity index (χ1v) is 23.3. The van der Waals surface area contributed by atoms with Crippen LogP contribution in [0.3, 0.4) is 0 Å². The molecule has 0 amide bonds. The first-order valence-electron chi connectivity index (χ1n) is 23.3. The van der Waals surface area contributed by atoms with Crippen LogP contribution in [0.2, 0.25) is 0 Å². The molecule has 2 N–H and O–H groups in total. The summed E-state index contributed by atoms with van der Waals surface area (Å²) in [6.07, 6.45) is 22.5. The van der Waals surface area contributed by atoms with Crippen LogP contribution in [0.1, 0.15) is 127 Å². The molecule has 5 aromatic rings. The molecule has 0 radical (unpaired) electrons. The molecule has 0 unspecified atom stereocenters. The maximum Gasteiger partial charge on any atom is 0.252 e. The van der Waals surface area contributed by atoms with E-state index in [9.17, 15) is 10.2 Å². The largest absolute Gasteiger partial charge is 0.393 e. The quantitative estimate of drug-likeness (QED) is 0.170. The monoisotopic (exact) mass is 802 g/mol. The van der Waals surface area contributed by atoms with Crippen molar-refractivity contribution in [3.8, 4) is 22.5 Å². The van der Waals surface area contributed by atoms with E-state index < -0.39 is 0 Å². The Labute approximate surface area is 352 Å². The summed E-state index contributed by atoms with van der Waals surface area (Å²) < 4.78 is 4.01. The van der Waals surface area contributed by atoms with Gasteiger partial charge in [-0.3, -0.25) is 0 Å². The number of benzene rings is 1. The van der Waals surface area contributed by atoms with E-state index in [1.54, 1.807) is 12.7 Å². The lowest BCUT2D eigenvalue weighted by molar-refractivity contribution is -0.0169. The summed E-state index contributed by atoms with van der Waals surface area (Å²) in [6, 6.07) is 9.11. The minimum absolute atomic E-state index is 0.0293. The predicted molar refractivity (Wildman–Crippen MR) is 229 cm³/mol. The normalized spacial score (nSPS) is 40.0. The molecular weight excluding hydrogens is 745 g/mol. The van der Waals surface area contributed by atoms with Crippen molar-refractivity contribution in [3.63, 3.8) is 0 Å². The van der Waals surface area contributed by atoms with Crippen LogP contribution in [0.5, 0.6) is 0 Å². The summed E-state index contributed by atoms with van der Waals surface area (Å²) in [7, 11) is 0. The van der Waals surface area contributed by atoms with E-state index in [0.29, 0.717) is 47.1 Å². The van der Waals surface area contributed by atoms with Crippen LogP contribution in [0.4, 0.5) is 0 Å². The number of allylic oxidation sites excluding steroid dienone is 2. The number of hydrogen-bond donors (Lipinski definition) is 2. The molecule has 8 aliphatic carbocycles. The van der Waals surface area contributed by atoms with Gasteiger partial charge in [0.25, 0.3) is 11.6 Å². The van der Waals surface area contributed by atoms with Crippen molar-refractivity contribution in [1.82, 2.24) is 39.2 Å². The molecule has 4 aromatic heterocycles. The molecule has 4 fully saturated rings. The van der Waals surface area contributed by atoms with Crippen molar-refractivity contribution in [2.75, 3.05) is 0 Å².